The molecule has 27 heavy (non-hydrogen) atoms. The van der Waals surface area contributed by atoms with E-state index in [1.807, 2.05) is 0 Å². The number of ether oxygens (including phenoxy) is 2. The Bertz CT molecular complexity index is 763. The van der Waals surface area contributed by atoms with Crippen molar-refractivity contribution in [3.8, 4) is 0 Å². The number of carbonyl (C=O) groups excluding carboxylic acids is 1. The molecule has 5 fully saturated rings. The number of carbonyl (C=O) groups is 1. The summed E-state index contributed by atoms with van der Waals surface area (Å²) in [6, 6.07) is 0. The third-order valence-corrected chi connectivity index (χ3v) is 8.69. The van der Waals surface area contributed by atoms with Gasteiger partial charge in [0.15, 0.2) is 4.80 Å². The molecule has 0 N–H and O–H groups in total. The van der Waals surface area contributed by atoms with Gasteiger partial charge in [0.05, 0.1) is 12.0 Å². The molecular formula is C21H30N2O3S. The van der Waals surface area contributed by atoms with Crippen LogP contribution in [0.4, 0.5) is 0 Å². The molecule has 6 rings (SSSR count). The van der Waals surface area contributed by atoms with Crippen LogP contribution in [-0.2, 0) is 20.8 Å². The SMILES string of the molecule is COCCn1cc(C2CCOCC2)s/c1=N\C(=O)C12CC3CC(CC1C3)C2. The second-order valence-electron chi connectivity index (χ2n) is 9.11. The van der Waals surface area contributed by atoms with Crippen LogP contribution in [-0.4, -0.2) is 37.4 Å². The maximum absolute atomic E-state index is 13.4. The molecule has 1 aromatic heterocycles. The van der Waals surface area contributed by atoms with Crippen LogP contribution in [0.5, 0.6) is 0 Å². The Kier molecular flexibility index (Phi) is 4.77. The van der Waals surface area contributed by atoms with Crippen molar-refractivity contribution in [3.63, 3.8) is 0 Å². The van der Waals surface area contributed by atoms with E-state index in [0.29, 0.717) is 18.4 Å². The van der Waals surface area contributed by atoms with Crippen LogP contribution < -0.4 is 4.80 Å². The van der Waals surface area contributed by atoms with Crippen molar-refractivity contribution in [3.05, 3.63) is 15.9 Å². The molecule has 4 bridgehead atoms. The lowest BCUT2D eigenvalue weighted by molar-refractivity contribution is -0.129. The molecule has 0 aromatic carbocycles. The lowest BCUT2D eigenvalue weighted by atomic mass is 9.75. The molecule has 0 spiro atoms. The van der Waals surface area contributed by atoms with E-state index in [2.05, 4.69) is 10.8 Å². The summed E-state index contributed by atoms with van der Waals surface area (Å²) in [5.74, 6) is 2.86. The van der Waals surface area contributed by atoms with Crippen LogP contribution in [0.15, 0.2) is 11.2 Å². The molecule has 0 radical (unpaired) electrons. The Morgan fingerprint density at radius 1 is 1.30 bits per heavy atom. The topological polar surface area (TPSA) is 52.8 Å². The number of methoxy groups -OCH3 is 1. The van der Waals surface area contributed by atoms with E-state index >= 15 is 0 Å². The standard InChI is InChI=1S/C21H30N2O3S/c1-25-7-4-23-13-18(16-2-5-26-6-3-16)27-20(23)22-19(24)21-11-14-8-15(12-21)10-17(21)9-14/h13-17H,2-12H2,1H3/b22-20-. The first-order valence-corrected chi connectivity index (χ1v) is 11.4. The fourth-order valence-electron chi connectivity index (χ4n) is 6.35. The molecule has 4 saturated carbocycles. The minimum Gasteiger partial charge on any atom is -0.383 e. The van der Waals surface area contributed by atoms with Crippen molar-refractivity contribution >= 4 is 17.2 Å². The summed E-state index contributed by atoms with van der Waals surface area (Å²) in [4.78, 5) is 20.3. The van der Waals surface area contributed by atoms with Crippen molar-refractivity contribution in [1.82, 2.24) is 4.57 Å². The number of amides is 1. The van der Waals surface area contributed by atoms with Gasteiger partial charge in [0.25, 0.3) is 5.91 Å². The zero-order valence-electron chi connectivity index (χ0n) is 16.2. The predicted molar refractivity (Wildman–Crippen MR) is 104 cm³/mol. The second-order valence-corrected chi connectivity index (χ2v) is 10.1. The van der Waals surface area contributed by atoms with Gasteiger partial charge >= 0.3 is 0 Å². The van der Waals surface area contributed by atoms with Gasteiger partial charge in [0, 0.05) is 37.9 Å². The third kappa shape index (κ3) is 3.14. The lowest BCUT2D eigenvalue weighted by Crippen LogP contribution is -2.33. The molecule has 6 heteroatoms. The first kappa shape index (κ1) is 18.1. The molecule has 2 atom stereocenters. The van der Waals surface area contributed by atoms with Gasteiger partial charge in [0.1, 0.15) is 0 Å². The van der Waals surface area contributed by atoms with Crippen molar-refractivity contribution in [2.45, 2.75) is 57.4 Å². The zero-order chi connectivity index (χ0) is 18.4. The summed E-state index contributed by atoms with van der Waals surface area (Å²) in [7, 11) is 1.72. The molecule has 1 amide bonds. The molecule has 2 heterocycles. The number of hydrogen-bond acceptors (Lipinski definition) is 4. The lowest BCUT2D eigenvalue weighted by Gasteiger charge is -2.29. The van der Waals surface area contributed by atoms with Gasteiger partial charge in [-0.15, -0.1) is 11.3 Å². The fraction of sp³-hybridized carbons (Fsp3) is 0.810. The quantitative estimate of drug-likeness (QED) is 0.775. The maximum Gasteiger partial charge on any atom is 0.254 e. The second kappa shape index (κ2) is 7.12. The highest BCUT2D eigenvalue weighted by Gasteiger charge is 2.61. The molecule has 148 valence electrons. The third-order valence-electron chi connectivity index (χ3n) is 7.51. The number of hydrogen-bond donors (Lipinski definition) is 0. The van der Waals surface area contributed by atoms with E-state index in [1.165, 1.54) is 24.1 Å². The van der Waals surface area contributed by atoms with E-state index < -0.39 is 0 Å². The number of nitrogens with zero attached hydrogens (tertiary/aromatic N) is 2. The van der Waals surface area contributed by atoms with E-state index in [1.54, 1.807) is 18.4 Å². The Morgan fingerprint density at radius 2 is 2.04 bits per heavy atom. The van der Waals surface area contributed by atoms with Crippen LogP contribution >= 0.6 is 11.3 Å². The Balaban J connectivity index is 1.45. The van der Waals surface area contributed by atoms with Crippen molar-refractivity contribution in [2.24, 2.45) is 28.2 Å². The van der Waals surface area contributed by atoms with Crippen molar-refractivity contribution in [2.75, 3.05) is 26.9 Å². The molecule has 2 unspecified atom stereocenters. The molecule has 1 saturated heterocycles. The molecule has 5 nitrogen and oxygen atoms in total. The Labute approximate surface area is 164 Å². The summed E-state index contributed by atoms with van der Waals surface area (Å²) in [6.45, 7) is 3.06. The van der Waals surface area contributed by atoms with Crippen LogP contribution in [0.25, 0.3) is 0 Å². The minimum absolute atomic E-state index is 0.129. The van der Waals surface area contributed by atoms with Crippen LogP contribution in [0, 0.1) is 23.2 Å². The van der Waals surface area contributed by atoms with E-state index in [9.17, 15) is 4.79 Å². The van der Waals surface area contributed by atoms with Gasteiger partial charge in [-0.1, -0.05) is 0 Å². The minimum atomic E-state index is -0.129. The highest BCUT2D eigenvalue weighted by atomic mass is 32.1. The monoisotopic (exact) mass is 390 g/mol. The summed E-state index contributed by atoms with van der Waals surface area (Å²) in [5, 5.41) is 0. The van der Waals surface area contributed by atoms with Gasteiger partial charge in [-0.3, -0.25) is 4.79 Å². The first-order chi connectivity index (χ1) is 13.2. The number of aromatic nitrogens is 1. The van der Waals surface area contributed by atoms with Crippen LogP contribution in [0.3, 0.4) is 0 Å². The summed E-state index contributed by atoms with van der Waals surface area (Å²) >= 11 is 1.71. The van der Waals surface area contributed by atoms with E-state index in [0.717, 1.165) is 62.1 Å². The molecule has 1 aliphatic heterocycles. The van der Waals surface area contributed by atoms with Crippen LogP contribution in [0.1, 0.15) is 55.7 Å². The Morgan fingerprint density at radius 3 is 2.74 bits per heavy atom. The van der Waals surface area contributed by atoms with Crippen molar-refractivity contribution in [1.29, 1.82) is 0 Å². The molecule has 4 aliphatic carbocycles. The van der Waals surface area contributed by atoms with Crippen molar-refractivity contribution < 1.29 is 14.3 Å². The van der Waals surface area contributed by atoms with Gasteiger partial charge in [-0.05, 0) is 68.6 Å². The van der Waals surface area contributed by atoms with Gasteiger partial charge in [0.2, 0.25) is 0 Å². The van der Waals surface area contributed by atoms with Gasteiger partial charge in [-0.2, -0.15) is 4.99 Å². The van der Waals surface area contributed by atoms with Gasteiger partial charge in [-0.25, -0.2) is 0 Å². The zero-order valence-corrected chi connectivity index (χ0v) is 17.0. The van der Waals surface area contributed by atoms with E-state index in [4.69, 9.17) is 14.5 Å². The summed E-state index contributed by atoms with van der Waals surface area (Å²) in [5.41, 5.74) is -0.129. The highest BCUT2D eigenvalue weighted by Crippen LogP contribution is 2.65. The molecule has 5 aliphatic rings. The molecule has 1 aromatic rings. The number of thiazole rings is 1. The average molecular weight is 391 g/mol. The largest absolute Gasteiger partial charge is 0.383 e. The highest BCUT2D eigenvalue weighted by molar-refractivity contribution is 7.09. The predicted octanol–water partition coefficient (Wildman–Crippen LogP) is 3.34. The summed E-state index contributed by atoms with van der Waals surface area (Å²) in [6.07, 6.45) is 10.4. The normalized spacial score (nSPS) is 36.0. The smallest absolute Gasteiger partial charge is 0.254 e. The number of rotatable bonds is 5. The summed E-state index contributed by atoms with van der Waals surface area (Å²) < 4.78 is 12.9. The fourth-order valence-corrected chi connectivity index (χ4v) is 7.53. The average Bonchev–Trinajstić information content (AvgIpc) is 3.28. The van der Waals surface area contributed by atoms with Gasteiger partial charge < -0.3 is 14.0 Å². The van der Waals surface area contributed by atoms with Crippen LogP contribution in [0.2, 0.25) is 0 Å². The maximum atomic E-state index is 13.4. The van der Waals surface area contributed by atoms with E-state index in [-0.39, 0.29) is 11.3 Å². The molecular weight excluding hydrogens is 360 g/mol. The first-order valence-electron chi connectivity index (χ1n) is 10.5. The Hall–Kier alpha value is -0.980.